The Bertz CT molecular complexity index is 490. The van der Waals surface area contributed by atoms with Crippen LogP contribution in [-0.4, -0.2) is 55.0 Å². The van der Waals surface area contributed by atoms with Crippen molar-refractivity contribution in [2.24, 2.45) is 11.3 Å². The summed E-state index contributed by atoms with van der Waals surface area (Å²) in [6, 6.07) is 0. The number of hydrogen-bond acceptors (Lipinski definition) is 9. The van der Waals surface area contributed by atoms with Crippen molar-refractivity contribution < 1.29 is 33.3 Å². The van der Waals surface area contributed by atoms with Crippen LogP contribution in [0.25, 0.3) is 0 Å². The van der Waals surface area contributed by atoms with Crippen molar-refractivity contribution in [2.75, 3.05) is 27.4 Å². The lowest BCUT2D eigenvalue weighted by Gasteiger charge is -2.49. The van der Waals surface area contributed by atoms with Crippen LogP contribution in [0.5, 0.6) is 0 Å². The number of methoxy groups -OCH3 is 2. The number of thiocarbonyl (C=S) groups is 1. The summed E-state index contributed by atoms with van der Waals surface area (Å²) < 4.78 is 20.0. The Morgan fingerprint density at radius 1 is 1.08 bits per heavy atom. The van der Waals surface area contributed by atoms with E-state index in [4.69, 9.17) is 31.2 Å². The van der Waals surface area contributed by atoms with Crippen molar-refractivity contribution in [3.05, 3.63) is 0 Å². The summed E-state index contributed by atoms with van der Waals surface area (Å²) >= 11 is 6.19. The van der Waals surface area contributed by atoms with Gasteiger partial charge in [-0.25, -0.2) is 0 Å². The third kappa shape index (κ3) is 4.18. The predicted molar refractivity (Wildman–Crippen MR) is 91.4 cm³/mol. The van der Waals surface area contributed by atoms with Gasteiger partial charge in [-0.15, -0.1) is 0 Å². The molecule has 1 aliphatic carbocycles. The van der Waals surface area contributed by atoms with Gasteiger partial charge in [0.25, 0.3) is 0 Å². The van der Waals surface area contributed by atoms with Crippen LogP contribution >= 0.6 is 24.0 Å². The highest BCUT2D eigenvalue weighted by Crippen LogP contribution is 2.55. The van der Waals surface area contributed by atoms with E-state index in [0.717, 1.165) is 11.8 Å². The van der Waals surface area contributed by atoms with Gasteiger partial charge in [0.2, 0.25) is 4.38 Å². The molecule has 0 heterocycles. The van der Waals surface area contributed by atoms with Gasteiger partial charge in [0.05, 0.1) is 27.4 Å². The first kappa shape index (κ1) is 20.7. The van der Waals surface area contributed by atoms with E-state index in [0.29, 0.717) is 6.61 Å². The predicted octanol–water partition coefficient (Wildman–Crippen LogP) is 1.72. The quantitative estimate of drug-likeness (QED) is 0.284. The van der Waals surface area contributed by atoms with Gasteiger partial charge in [-0.1, -0.05) is 11.8 Å². The second-order valence-electron chi connectivity index (χ2n) is 5.15. The number of carbonyl (C=O) groups is 3. The molecule has 136 valence electrons. The lowest BCUT2D eigenvalue weighted by Crippen LogP contribution is -2.61. The molecule has 24 heavy (non-hydrogen) atoms. The monoisotopic (exact) mass is 378 g/mol. The molecule has 2 atom stereocenters. The van der Waals surface area contributed by atoms with Gasteiger partial charge in [-0.2, -0.15) is 0 Å². The summed E-state index contributed by atoms with van der Waals surface area (Å²) in [5.74, 6) is -2.07. The molecule has 0 saturated heterocycles. The third-order valence-electron chi connectivity index (χ3n) is 3.82. The van der Waals surface area contributed by atoms with Crippen molar-refractivity contribution in [2.45, 2.75) is 31.9 Å². The molecule has 0 aromatic heterocycles. The van der Waals surface area contributed by atoms with E-state index in [1.54, 1.807) is 13.8 Å². The Kier molecular flexibility index (Phi) is 7.95. The second-order valence-corrected chi connectivity index (χ2v) is 6.89. The van der Waals surface area contributed by atoms with Crippen LogP contribution in [0.2, 0.25) is 0 Å². The Hall–Kier alpha value is -1.35. The molecular weight excluding hydrogens is 356 g/mol. The number of carbonyl (C=O) groups excluding carboxylic acids is 3. The second kappa shape index (κ2) is 9.22. The van der Waals surface area contributed by atoms with Gasteiger partial charge < -0.3 is 18.9 Å². The molecular formula is C15H22O7S2. The molecule has 0 radical (unpaired) electrons. The minimum atomic E-state index is -1.49. The van der Waals surface area contributed by atoms with Gasteiger partial charge in [0, 0.05) is 11.7 Å². The van der Waals surface area contributed by atoms with E-state index in [1.165, 1.54) is 14.2 Å². The van der Waals surface area contributed by atoms with Crippen LogP contribution in [0.15, 0.2) is 0 Å². The van der Waals surface area contributed by atoms with E-state index >= 15 is 0 Å². The Morgan fingerprint density at radius 3 is 2.08 bits per heavy atom. The van der Waals surface area contributed by atoms with Crippen LogP contribution in [0, 0.1) is 11.3 Å². The van der Waals surface area contributed by atoms with Gasteiger partial charge in [-0.05, 0) is 38.4 Å². The number of rotatable bonds is 7. The highest BCUT2D eigenvalue weighted by molar-refractivity contribution is 8.23. The molecule has 1 aliphatic rings. The Morgan fingerprint density at radius 2 is 1.62 bits per heavy atom. The number of esters is 3. The van der Waals surface area contributed by atoms with Crippen LogP contribution in [0.1, 0.15) is 26.7 Å². The molecule has 0 N–H and O–H groups in total. The molecule has 0 bridgehead atoms. The topological polar surface area (TPSA) is 88.1 Å². The fourth-order valence-corrected chi connectivity index (χ4v) is 4.49. The standard InChI is InChI=1S/C15H22O7S2/c1-5-21-10(16)7-9-8-15(12(17)19-3,13(18)20-4)11(9)24-14(23)22-6-2/h9,11H,5-8H2,1-4H3/t9-,11-/m0/s1. The SMILES string of the molecule is CCOC(=O)C[C@H]1CC(C(=O)OC)(C(=O)OC)[C@H]1SC(=S)OCC. The Labute approximate surface area is 150 Å². The summed E-state index contributed by atoms with van der Waals surface area (Å²) in [6.07, 6.45) is 0.216. The maximum atomic E-state index is 12.3. The Balaban J connectivity index is 3.05. The highest BCUT2D eigenvalue weighted by atomic mass is 32.2. The van der Waals surface area contributed by atoms with E-state index in [1.807, 2.05) is 0 Å². The largest absolute Gasteiger partial charge is 0.479 e. The molecule has 0 unspecified atom stereocenters. The van der Waals surface area contributed by atoms with Crippen LogP contribution < -0.4 is 0 Å². The third-order valence-corrected chi connectivity index (χ3v) is 5.57. The van der Waals surface area contributed by atoms with Crippen LogP contribution in [0.4, 0.5) is 0 Å². The maximum Gasteiger partial charge on any atom is 0.324 e. The number of hydrogen-bond donors (Lipinski definition) is 0. The molecule has 1 rings (SSSR count). The first-order valence-electron chi connectivity index (χ1n) is 7.53. The van der Waals surface area contributed by atoms with Crippen molar-refractivity contribution in [3.63, 3.8) is 0 Å². The summed E-state index contributed by atoms with van der Waals surface area (Å²) in [5, 5.41) is -0.610. The molecule has 1 saturated carbocycles. The number of ether oxygens (including phenoxy) is 4. The van der Waals surface area contributed by atoms with Gasteiger partial charge >= 0.3 is 17.9 Å². The zero-order valence-corrected chi connectivity index (χ0v) is 15.8. The minimum absolute atomic E-state index is 0.0793. The number of thioether (sulfide) groups is 1. The van der Waals surface area contributed by atoms with E-state index in [2.05, 4.69) is 0 Å². The van der Waals surface area contributed by atoms with Crippen molar-refractivity contribution >= 4 is 46.3 Å². The van der Waals surface area contributed by atoms with Gasteiger partial charge in [0.1, 0.15) is 0 Å². The van der Waals surface area contributed by atoms with E-state index in [-0.39, 0.29) is 29.7 Å². The summed E-state index contributed by atoms with van der Waals surface area (Å²) in [5.41, 5.74) is -1.49. The lowest BCUT2D eigenvalue weighted by molar-refractivity contribution is -0.180. The zero-order chi connectivity index (χ0) is 18.3. The van der Waals surface area contributed by atoms with Crippen LogP contribution in [-0.2, 0) is 33.3 Å². The minimum Gasteiger partial charge on any atom is -0.479 e. The first-order chi connectivity index (χ1) is 11.4. The van der Waals surface area contributed by atoms with Gasteiger partial charge in [0.15, 0.2) is 5.41 Å². The average Bonchev–Trinajstić information content (AvgIpc) is 2.55. The fourth-order valence-electron chi connectivity index (χ4n) is 2.79. The summed E-state index contributed by atoms with van der Waals surface area (Å²) in [6.45, 7) is 4.12. The first-order valence-corrected chi connectivity index (χ1v) is 8.81. The normalized spacial score (nSPS) is 21.2. The van der Waals surface area contributed by atoms with Crippen LogP contribution in [0.3, 0.4) is 0 Å². The summed E-state index contributed by atoms with van der Waals surface area (Å²) in [4.78, 5) is 36.3. The lowest BCUT2D eigenvalue weighted by atomic mass is 9.60. The van der Waals surface area contributed by atoms with E-state index in [9.17, 15) is 14.4 Å². The molecule has 0 spiro atoms. The smallest absolute Gasteiger partial charge is 0.324 e. The molecule has 0 amide bonds. The molecule has 0 aromatic rings. The molecule has 0 aliphatic heterocycles. The molecule has 1 fully saturated rings. The van der Waals surface area contributed by atoms with Crippen molar-refractivity contribution in [1.29, 1.82) is 0 Å². The average molecular weight is 378 g/mol. The van der Waals surface area contributed by atoms with Crippen molar-refractivity contribution in [3.8, 4) is 0 Å². The van der Waals surface area contributed by atoms with Gasteiger partial charge in [-0.3, -0.25) is 14.4 Å². The van der Waals surface area contributed by atoms with E-state index < -0.39 is 28.6 Å². The fraction of sp³-hybridized carbons (Fsp3) is 0.733. The molecule has 7 nitrogen and oxygen atoms in total. The van der Waals surface area contributed by atoms with Crippen molar-refractivity contribution in [1.82, 2.24) is 0 Å². The molecule has 0 aromatic carbocycles. The highest BCUT2D eigenvalue weighted by Gasteiger charge is 2.66. The summed E-state index contributed by atoms with van der Waals surface area (Å²) in [7, 11) is 2.41. The zero-order valence-electron chi connectivity index (χ0n) is 14.2. The molecule has 9 heteroatoms. The maximum absolute atomic E-state index is 12.3.